The number of benzene rings is 1. The summed E-state index contributed by atoms with van der Waals surface area (Å²) in [6.45, 7) is 3.05. The minimum Gasteiger partial charge on any atom is -0.476 e. The number of carboxylic acids is 1. The fourth-order valence-corrected chi connectivity index (χ4v) is 3.58. The first-order valence-electron chi connectivity index (χ1n) is 8.90. The van der Waals surface area contributed by atoms with Gasteiger partial charge in [-0.25, -0.2) is 9.18 Å². The number of halogens is 1. The van der Waals surface area contributed by atoms with Gasteiger partial charge in [-0.15, -0.1) is 0 Å². The number of H-pyrrole nitrogens is 1. The Labute approximate surface area is 159 Å². The average Bonchev–Trinajstić information content (AvgIpc) is 3.31. The number of carbonyl (C=O) groups is 2. The van der Waals surface area contributed by atoms with E-state index in [2.05, 4.69) is 15.3 Å². The van der Waals surface area contributed by atoms with E-state index in [0.717, 1.165) is 5.69 Å². The van der Waals surface area contributed by atoms with Crippen molar-refractivity contribution in [2.45, 2.75) is 26.4 Å². The number of amides is 1. The van der Waals surface area contributed by atoms with Crippen molar-refractivity contribution in [3.63, 3.8) is 0 Å². The van der Waals surface area contributed by atoms with Crippen molar-refractivity contribution in [2.75, 3.05) is 6.54 Å². The molecule has 1 amide bonds. The average molecular weight is 383 g/mol. The van der Waals surface area contributed by atoms with Gasteiger partial charge in [-0.1, -0.05) is 12.1 Å². The van der Waals surface area contributed by atoms with Gasteiger partial charge in [0.25, 0.3) is 5.91 Å². The Morgan fingerprint density at radius 1 is 1.36 bits per heavy atom. The van der Waals surface area contributed by atoms with Gasteiger partial charge in [0, 0.05) is 36.3 Å². The van der Waals surface area contributed by atoms with E-state index >= 15 is 0 Å². The predicted molar refractivity (Wildman–Crippen MR) is 97.3 cm³/mol. The molecule has 28 heavy (non-hydrogen) atoms. The van der Waals surface area contributed by atoms with Gasteiger partial charge in [-0.3, -0.25) is 14.6 Å². The molecule has 1 aromatic carbocycles. The molecule has 0 atom stereocenters. The molecule has 9 heteroatoms. The number of carboxylic acid groups (broad SMARTS) is 1. The molecule has 2 aromatic heterocycles. The molecule has 0 radical (unpaired) electrons. The van der Waals surface area contributed by atoms with Crippen molar-refractivity contribution in [3.8, 4) is 11.3 Å². The Morgan fingerprint density at radius 3 is 2.89 bits per heavy atom. The number of hydrogen-bond acceptors (Lipinski definition) is 4. The molecule has 0 bridgehead atoms. The molecule has 3 heterocycles. The molecule has 0 saturated carbocycles. The molecule has 1 aliphatic heterocycles. The van der Waals surface area contributed by atoms with Gasteiger partial charge in [0.1, 0.15) is 5.82 Å². The quantitative estimate of drug-likeness (QED) is 0.720. The molecule has 0 fully saturated rings. The highest BCUT2D eigenvalue weighted by Crippen LogP contribution is 2.27. The second-order valence-electron chi connectivity index (χ2n) is 6.54. The van der Waals surface area contributed by atoms with Gasteiger partial charge in [0.15, 0.2) is 5.69 Å². The summed E-state index contributed by atoms with van der Waals surface area (Å²) in [4.78, 5) is 26.2. The normalized spacial score (nSPS) is 13.4. The lowest BCUT2D eigenvalue weighted by Crippen LogP contribution is -2.36. The maximum atomic E-state index is 13.6. The summed E-state index contributed by atoms with van der Waals surface area (Å²) < 4.78 is 15.3. The first-order chi connectivity index (χ1) is 13.5. The van der Waals surface area contributed by atoms with Crippen LogP contribution in [0.25, 0.3) is 11.3 Å². The van der Waals surface area contributed by atoms with E-state index in [1.807, 2.05) is 6.92 Å². The van der Waals surface area contributed by atoms with Crippen molar-refractivity contribution in [2.24, 2.45) is 0 Å². The smallest absolute Gasteiger partial charge is 0.356 e. The summed E-state index contributed by atoms with van der Waals surface area (Å²) in [5.74, 6) is -1.81. The zero-order chi connectivity index (χ0) is 19.8. The van der Waals surface area contributed by atoms with Crippen molar-refractivity contribution in [3.05, 3.63) is 58.8 Å². The Kier molecular flexibility index (Phi) is 4.42. The molecule has 2 N–H and O–H groups in total. The van der Waals surface area contributed by atoms with E-state index in [-0.39, 0.29) is 18.1 Å². The molecular weight excluding hydrogens is 365 g/mol. The van der Waals surface area contributed by atoms with Crippen LogP contribution in [0.15, 0.2) is 30.5 Å². The van der Waals surface area contributed by atoms with Crippen LogP contribution < -0.4 is 0 Å². The Hall–Kier alpha value is -3.49. The maximum absolute atomic E-state index is 13.6. The summed E-state index contributed by atoms with van der Waals surface area (Å²) in [5.41, 5.74) is 2.65. The van der Waals surface area contributed by atoms with Gasteiger partial charge in [0.2, 0.25) is 0 Å². The number of aromatic carboxylic acids is 1. The van der Waals surface area contributed by atoms with Gasteiger partial charge >= 0.3 is 5.97 Å². The lowest BCUT2D eigenvalue weighted by molar-refractivity contribution is 0.0674. The van der Waals surface area contributed by atoms with E-state index < -0.39 is 11.8 Å². The molecular formula is C19H18FN5O3. The van der Waals surface area contributed by atoms with Crippen LogP contribution >= 0.6 is 0 Å². The number of aromatic nitrogens is 4. The van der Waals surface area contributed by atoms with E-state index in [0.29, 0.717) is 41.9 Å². The van der Waals surface area contributed by atoms with Crippen molar-refractivity contribution < 1.29 is 19.1 Å². The summed E-state index contributed by atoms with van der Waals surface area (Å²) >= 11 is 0. The molecule has 0 saturated heterocycles. The third kappa shape index (κ3) is 2.94. The van der Waals surface area contributed by atoms with Crippen LogP contribution in [0, 0.1) is 5.82 Å². The number of aromatic amines is 1. The fraction of sp³-hybridized carbons (Fsp3) is 0.263. The third-order valence-electron chi connectivity index (χ3n) is 4.91. The lowest BCUT2D eigenvalue weighted by atomic mass is 10.0. The van der Waals surface area contributed by atoms with Gasteiger partial charge in [0.05, 0.1) is 24.0 Å². The van der Waals surface area contributed by atoms with E-state index in [1.165, 1.54) is 18.3 Å². The Balaban J connectivity index is 1.66. The highest BCUT2D eigenvalue weighted by Gasteiger charge is 2.31. The zero-order valence-electron chi connectivity index (χ0n) is 15.1. The number of nitrogens with zero attached hydrogens (tertiary/aromatic N) is 4. The molecule has 1 aliphatic rings. The molecule has 0 unspecified atom stereocenters. The molecule has 3 aromatic rings. The highest BCUT2D eigenvalue weighted by atomic mass is 19.1. The van der Waals surface area contributed by atoms with Gasteiger partial charge < -0.3 is 10.0 Å². The van der Waals surface area contributed by atoms with Crippen molar-refractivity contribution in [1.82, 2.24) is 24.9 Å². The van der Waals surface area contributed by atoms with Crippen LogP contribution in [0.5, 0.6) is 0 Å². The van der Waals surface area contributed by atoms with Crippen LogP contribution in [0.4, 0.5) is 4.39 Å². The monoisotopic (exact) mass is 383 g/mol. The Morgan fingerprint density at radius 2 is 2.18 bits per heavy atom. The van der Waals surface area contributed by atoms with E-state index in [4.69, 9.17) is 0 Å². The standard InChI is InChI=1S/C19H18FN5O3/c1-2-25-15-6-7-24(10-14(15)17(23-25)19(27)28)18(26)13-9-21-22-16(13)11-4-3-5-12(20)8-11/h3-5,8-9H,2,6-7,10H2,1H3,(H,21,22)(H,27,28). The SMILES string of the molecule is CCn1nc(C(=O)O)c2c1CCN(C(=O)c1cn[nH]c1-c1cccc(F)c1)C2. The maximum Gasteiger partial charge on any atom is 0.356 e. The van der Waals surface area contributed by atoms with Crippen molar-refractivity contribution >= 4 is 11.9 Å². The summed E-state index contributed by atoms with van der Waals surface area (Å²) in [6, 6.07) is 5.90. The summed E-state index contributed by atoms with van der Waals surface area (Å²) in [6.07, 6.45) is 1.92. The zero-order valence-corrected chi connectivity index (χ0v) is 15.1. The second kappa shape index (κ2) is 6.91. The largest absolute Gasteiger partial charge is 0.476 e. The number of nitrogens with one attached hydrogen (secondary N) is 1. The van der Waals surface area contributed by atoms with Crippen LogP contribution in [-0.4, -0.2) is 48.4 Å². The second-order valence-corrected chi connectivity index (χ2v) is 6.54. The topological polar surface area (TPSA) is 104 Å². The number of carbonyl (C=O) groups excluding carboxylic acids is 1. The number of hydrogen-bond donors (Lipinski definition) is 2. The van der Waals surface area contributed by atoms with Crippen LogP contribution in [-0.2, 0) is 19.5 Å². The minimum atomic E-state index is -1.11. The fourth-order valence-electron chi connectivity index (χ4n) is 3.58. The van der Waals surface area contributed by atoms with E-state index in [9.17, 15) is 19.1 Å². The third-order valence-corrected chi connectivity index (χ3v) is 4.91. The number of aryl methyl sites for hydroxylation is 1. The molecule has 8 nitrogen and oxygen atoms in total. The predicted octanol–water partition coefficient (Wildman–Crippen LogP) is 2.33. The molecule has 0 aliphatic carbocycles. The Bertz CT molecular complexity index is 1070. The highest BCUT2D eigenvalue weighted by molar-refractivity contribution is 6.00. The van der Waals surface area contributed by atoms with Gasteiger partial charge in [-0.05, 0) is 19.1 Å². The minimum absolute atomic E-state index is 0.0214. The first-order valence-corrected chi connectivity index (χ1v) is 8.90. The van der Waals surface area contributed by atoms with E-state index in [1.54, 1.807) is 21.7 Å². The molecule has 0 spiro atoms. The van der Waals surface area contributed by atoms with Crippen LogP contribution in [0.1, 0.15) is 39.0 Å². The first kappa shape index (κ1) is 17.9. The number of fused-ring (bicyclic) bond motifs is 1. The van der Waals surface area contributed by atoms with Crippen molar-refractivity contribution in [1.29, 1.82) is 0 Å². The van der Waals surface area contributed by atoms with Crippen LogP contribution in [0.3, 0.4) is 0 Å². The molecule has 4 rings (SSSR count). The van der Waals surface area contributed by atoms with Crippen LogP contribution in [0.2, 0.25) is 0 Å². The summed E-state index contributed by atoms with van der Waals surface area (Å²) in [5, 5.41) is 20.3. The molecule has 144 valence electrons. The van der Waals surface area contributed by atoms with Gasteiger partial charge in [-0.2, -0.15) is 10.2 Å². The summed E-state index contributed by atoms with van der Waals surface area (Å²) in [7, 11) is 0. The lowest BCUT2D eigenvalue weighted by Gasteiger charge is -2.27. The number of rotatable bonds is 4.